The molecule has 1 saturated carbocycles. The second kappa shape index (κ2) is 5.21. The number of hydrogen-bond acceptors (Lipinski definition) is 2. The molecule has 2 rings (SSSR count). The molecule has 1 aromatic carbocycles. The minimum atomic E-state index is 0.499. The van der Waals surface area contributed by atoms with Crippen molar-refractivity contribution in [3.8, 4) is 0 Å². The van der Waals surface area contributed by atoms with Crippen LogP contribution in [0.3, 0.4) is 0 Å². The first-order chi connectivity index (χ1) is 8.46. The van der Waals surface area contributed by atoms with Gasteiger partial charge in [-0.3, -0.25) is 0 Å². The van der Waals surface area contributed by atoms with E-state index < -0.39 is 0 Å². The molecule has 2 heteroatoms. The normalized spacial score (nSPS) is 22.6. The van der Waals surface area contributed by atoms with Crippen LogP contribution in [-0.2, 0) is 0 Å². The maximum atomic E-state index is 3.68. The third-order valence-electron chi connectivity index (χ3n) is 3.96. The molecule has 1 aliphatic rings. The van der Waals surface area contributed by atoms with E-state index in [0.29, 0.717) is 11.5 Å². The summed E-state index contributed by atoms with van der Waals surface area (Å²) in [6.45, 7) is 4.77. The summed E-state index contributed by atoms with van der Waals surface area (Å²) in [6.07, 6.45) is 5.30. The first-order valence-corrected chi connectivity index (χ1v) is 7.00. The summed E-state index contributed by atoms with van der Waals surface area (Å²) < 4.78 is 0. The summed E-state index contributed by atoms with van der Waals surface area (Å²) in [4.78, 5) is 2.13. The van der Waals surface area contributed by atoms with Gasteiger partial charge in [-0.2, -0.15) is 0 Å². The molecule has 0 aromatic heterocycles. The van der Waals surface area contributed by atoms with Crippen molar-refractivity contribution in [3.05, 3.63) is 24.3 Å². The SMILES string of the molecule is CN(C)c1ccc(NC2CCCC(C)(C)C2)cc1. The lowest BCUT2D eigenvalue weighted by Gasteiger charge is -2.36. The van der Waals surface area contributed by atoms with Crippen LogP contribution in [0, 0.1) is 5.41 Å². The zero-order valence-corrected chi connectivity index (χ0v) is 12.2. The maximum Gasteiger partial charge on any atom is 0.0362 e. The highest BCUT2D eigenvalue weighted by Gasteiger charge is 2.27. The van der Waals surface area contributed by atoms with Crippen LogP contribution >= 0.6 is 0 Å². The van der Waals surface area contributed by atoms with Crippen LogP contribution in [0.25, 0.3) is 0 Å². The Morgan fingerprint density at radius 3 is 2.39 bits per heavy atom. The Bertz CT molecular complexity index is 379. The lowest BCUT2D eigenvalue weighted by Crippen LogP contribution is -2.31. The zero-order chi connectivity index (χ0) is 13.2. The van der Waals surface area contributed by atoms with Crippen LogP contribution in [0.15, 0.2) is 24.3 Å². The van der Waals surface area contributed by atoms with Gasteiger partial charge in [0.15, 0.2) is 0 Å². The van der Waals surface area contributed by atoms with Crippen LogP contribution in [0.1, 0.15) is 39.5 Å². The molecule has 1 N–H and O–H groups in total. The molecule has 2 nitrogen and oxygen atoms in total. The number of anilines is 2. The Kier molecular flexibility index (Phi) is 3.84. The molecular formula is C16H26N2. The highest BCUT2D eigenvalue weighted by molar-refractivity contribution is 5.54. The van der Waals surface area contributed by atoms with Crippen molar-refractivity contribution >= 4 is 11.4 Å². The molecule has 0 spiro atoms. The fourth-order valence-corrected chi connectivity index (χ4v) is 2.91. The van der Waals surface area contributed by atoms with Crippen molar-refractivity contribution in [2.45, 2.75) is 45.6 Å². The van der Waals surface area contributed by atoms with Gasteiger partial charge < -0.3 is 10.2 Å². The molecule has 0 saturated heterocycles. The van der Waals surface area contributed by atoms with E-state index in [2.05, 4.69) is 62.4 Å². The van der Waals surface area contributed by atoms with Gasteiger partial charge in [0.2, 0.25) is 0 Å². The summed E-state index contributed by atoms with van der Waals surface area (Å²) >= 11 is 0. The van der Waals surface area contributed by atoms with E-state index in [1.807, 2.05) is 0 Å². The van der Waals surface area contributed by atoms with Crippen LogP contribution < -0.4 is 10.2 Å². The summed E-state index contributed by atoms with van der Waals surface area (Å²) in [5.41, 5.74) is 3.01. The lowest BCUT2D eigenvalue weighted by molar-refractivity contribution is 0.229. The average Bonchev–Trinajstić information content (AvgIpc) is 2.28. The fourth-order valence-electron chi connectivity index (χ4n) is 2.91. The monoisotopic (exact) mass is 246 g/mol. The van der Waals surface area contributed by atoms with Crippen LogP contribution in [-0.4, -0.2) is 20.1 Å². The van der Waals surface area contributed by atoms with Crippen molar-refractivity contribution in [1.82, 2.24) is 0 Å². The predicted octanol–water partition coefficient (Wildman–Crippen LogP) is 4.13. The summed E-state index contributed by atoms with van der Waals surface area (Å²) in [5, 5.41) is 3.68. The molecule has 1 fully saturated rings. The van der Waals surface area contributed by atoms with Crippen molar-refractivity contribution in [1.29, 1.82) is 0 Å². The Balaban J connectivity index is 1.97. The van der Waals surface area contributed by atoms with Gasteiger partial charge in [0, 0.05) is 31.5 Å². The van der Waals surface area contributed by atoms with Crippen molar-refractivity contribution in [2.75, 3.05) is 24.3 Å². The van der Waals surface area contributed by atoms with E-state index in [1.165, 1.54) is 37.1 Å². The number of rotatable bonds is 3. The minimum Gasteiger partial charge on any atom is -0.382 e. The van der Waals surface area contributed by atoms with Gasteiger partial charge in [0.25, 0.3) is 0 Å². The molecule has 1 atom stereocenters. The Morgan fingerprint density at radius 2 is 1.83 bits per heavy atom. The minimum absolute atomic E-state index is 0.499. The second-order valence-corrected chi connectivity index (χ2v) is 6.54. The summed E-state index contributed by atoms with van der Waals surface area (Å²) in [5.74, 6) is 0. The number of hydrogen-bond donors (Lipinski definition) is 1. The van der Waals surface area contributed by atoms with Gasteiger partial charge in [0.1, 0.15) is 0 Å². The van der Waals surface area contributed by atoms with Crippen LogP contribution in [0.2, 0.25) is 0 Å². The fraction of sp³-hybridized carbons (Fsp3) is 0.625. The molecule has 1 aromatic rings. The Hall–Kier alpha value is -1.18. The highest BCUT2D eigenvalue weighted by atomic mass is 15.1. The standard InChI is InChI=1S/C16H26N2/c1-16(2)11-5-6-14(12-16)17-13-7-9-15(10-8-13)18(3)4/h7-10,14,17H,5-6,11-12H2,1-4H3. The van der Waals surface area contributed by atoms with Gasteiger partial charge in [-0.25, -0.2) is 0 Å². The topological polar surface area (TPSA) is 15.3 Å². The van der Waals surface area contributed by atoms with Crippen molar-refractivity contribution in [2.24, 2.45) is 5.41 Å². The molecule has 0 bridgehead atoms. The molecule has 1 aliphatic carbocycles. The van der Waals surface area contributed by atoms with Gasteiger partial charge in [0.05, 0.1) is 0 Å². The Labute approximate surface area is 111 Å². The molecule has 1 unspecified atom stereocenters. The summed E-state index contributed by atoms with van der Waals surface area (Å²) in [7, 11) is 4.15. The first-order valence-electron chi connectivity index (χ1n) is 7.00. The van der Waals surface area contributed by atoms with Crippen LogP contribution in [0.4, 0.5) is 11.4 Å². The number of benzene rings is 1. The van der Waals surface area contributed by atoms with Gasteiger partial charge in [-0.05, 0) is 48.9 Å². The number of nitrogens with zero attached hydrogens (tertiary/aromatic N) is 1. The smallest absolute Gasteiger partial charge is 0.0362 e. The van der Waals surface area contributed by atoms with Gasteiger partial charge in [-0.1, -0.05) is 20.3 Å². The summed E-state index contributed by atoms with van der Waals surface area (Å²) in [6, 6.07) is 9.37. The third kappa shape index (κ3) is 3.41. The first kappa shape index (κ1) is 13.3. The van der Waals surface area contributed by atoms with Gasteiger partial charge >= 0.3 is 0 Å². The molecule has 0 heterocycles. The predicted molar refractivity (Wildman–Crippen MR) is 80.4 cm³/mol. The van der Waals surface area contributed by atoms with Crippen molar-refractivity contribution in [3.63, 3.8) is 0 Å². The van der Waals surface area contributed by atoms with Gasteiger partial charge in [-0.15, -0.1) is 0 Å². The second-order valence-electron chi connectivity index (χ2n) is 6.54. The molecule has 0 aliphatic heterocycles. The van der Waals surface area contributed by atoms with E-state index in [1.54, 1.807) is 0 Å². The third-order valence-corrected chi connectivity index (χ3v) is 3.96. The lowest BCUT2D eigenvalue weighted by atomic mass is 9.75. The van der Waals surface area contributed by atoms with E-state index in [4.69, 9.17) is 0 Å². The Morgan fingerprint density at radius 1 is 1.17 bits per heavy atom. The van der Waals surface area contributed by atoms with E-state index in [9.17, 15) is 0 Å². The van der Waals surface area contributed by atoms with Crippen molar-refractivity contribution < 1.29 is 0 Å². The van der Waals surface area contributed by atoms with E-state index in [0.717, 1.165) is 0 Å². The van der Waals surface area contributed by atoms with E-state index in [-0.39, 0.29) is 0 Å². The largest absolute Gasteiger partial charge is 0.382 e. The van der Waals surface area contributed by atoms with E-state index >= 15 is 0 Å². The number of nitrogens with one attached hydrogen (secondary N) is 1. The highest BCUT2D eigenvalue weighted by Crippen LogP contribution is 2.36. The average molecular weight is 246 g/mol. The van der Waals surface area contributed by atoms with Crippen LogP contribution in [0.5, 0.6) is 0 Å². The molecule has 18 heavy (non-hydrogen) atoms. The molecule has 100 valence electrons. The molecular weight excluding hydrogens is 220 g/mol. The molecule has 0 radical (unpaired) electrons. The maximum absolute atomic E-state index is 3.68. The zero-order valence-electron chi connectivity index (χ0n) is 12.2. The quantitative estimate of drug-likeness (QED) is 0.862. The molecule has 0 amide bonds.